The molecule has 0 amide bonds. The maximum atomic E-state index is 12.0. The number of Topliss-reactive ketones (excluding diaryl/α,β-unsaturated/α-hetero) is 1. The van der Waals surface area contributed by atoms with Crippen LogP contribution in [-0.2, 0) is 9.53 Å². The lowest BCUT2D eigenvalue weighted by Gasteiger charge is -2.40. The molecular formula is C15H24O2SSi. The third kappa shape index (κ3) is 2.89. The first-order valence-electron chi connectivity index (χ1n) is 6.57. The molecule has 4 heteroatoms. The molecule has 2 nitrogen and oxygen atoms in total. The molecular weight excluding hydrogens is 272 g/mol. The van der Waals surface area contributed by atoms with Gasteiger partial charge in [0.15, 0.2) is 5.78 Å². The standard InChI is InChI=1S/C15H24O2SSi/c1-9-10(2)13(11(3)14(18)12(9)16)17-15(4,5)19(6,7)8/h1-8H3. The Morgan fingerprint density at radius 3 is 1.89 bits per heavy atom. The first kappa shape index (κ1) is 16.3. The molecule has 1 rings (SSSR count). The summed E-state index contributed by atoms with van der Waals surface area (Å²) in [6.45, 7) is 16.7. The smallest absolute Gasteiger partial charge is 0.200 e. The van der Waals surface area contributed by atoms with E-state index < -0.39 is 8.07 Å². The molecule has 0 atom stereocenters. The second kappa shape index (κ2) is 4.98. The zero-order valence-corrected chi connectivity index (χ0v) is 15.0. The van der Waals surface area contributed by atoms with E-state index >= 15 is 0 Å². The molecule has 0 unspecified atom stereocenters. The number of hydrogen-bond acceptors (Lipinski definition) is 3. The van der Waals surface area contributed by atoms with Crippen molar-refractivity contribution < 1.29 is 9.53 Å². The zero-order chi connectivity index (χ0) is 15.2. The maximum Gasteiger partial charge on any atom is 0.200 e. The van der Waals surface area contributed by atoms with Gasteiger partial charge in [0.05, 0.1) is 18.2 Å². The Kier molecular flexibility index (Phi) is 4.28. The second-order valence-corrected chi connectivity index (χ2v) is 12.8. The third-order valence-electron chi connectivity index (χ3n) is 4.29. The van der Waals surface area contributed by atoms with Crippen molar-refractivity contribution in [2.24, 2.45) is 0 Å². The second-order valence-electron chi connectivity index (χ2n) is 6.72. The lowest BCUT2D eigenvalue weighted by Crippen LogP contribution is -2.49. The lowest BCUT2D eigenvalue weighted by atomic mass is 9.91. The largest absolute Gasteiger partial charge is 0.491 e. The topological polar surface area (TPSA) is 26.3 Å². The van der Waals surface area contributed by atoms with Gasteiger partial charge in [-0.2, -0.15) is 0 Å². The van der Waals surface area contributed by atoms with Crippen LogP contribution in [0.1, 0.15) is 34.6 Å². The Bertz CT molecular complexity index is 505. The summed E-state index contributed by atoms with van der Waals surface area (Å²) in [6.07, 6.45) is 0. The molecule has 0 aliphatic heterocycles. The van der Waals surface area contributed by atoms with E-state index in [1.165, 1.54) is 0 Å². The quantitative estimate of drug-likeness (QED) is 0.576. The summed E-state index contributed by atoms with van der Waals surface area (Å²) in [4.78, 5) is 12.4. The van der Waals surface area contributed by atoms with E-state index in [-0.39, 0.29) is 11.0 Å². The number of hydrogen-bond donors (Lipinski definition) is 0. The molecule has 0 radical (unpaired) electrons. The Morgan fingerprint density at radius 1 is 1.00 bits per heavy atom. The molecule has 106 valence electrons. The lowest BCUT2D eigenvalue weighted by molar-refractivity contribution is -0.109. The normalized spacial score (nSPS) is 18.3. The molecule has 0 bridgehead atoms. The fraction of sp³-hybridized carbons (Fsp3) is 0.600. The van der Waals surface area contributed by atoms with Gasteiger partial charge in [0.2, 0.25) is 0 Å². The SMILES string of the molecule is CC1=C(C)C(OC(C)(C)[Si](C)(C)C)=C(C)C(=S)C1=O. The van der Waals surface area contributed by atoms with Crippen LogP contribution >= 0.6 is 12.2 Å². The van der Waals surface area contributed by atoms with Crippen LogP contribution in [0.15, 0.2) is 22.5 Å². The number of allylic oxidation sites excluding steroid dienone is 3. The maximum absolute atomic E-state index is 12.0. The number of ether oxygens (including phenoxy) is 1. The van der Waals surface area contributed by atoms with Crippen molar-refractivity contribution in [2.75, 3.05) is 0 Å². The van der Waals surface area contributed by atoms with E-state index in [2.05, 4.69) is 33.5 Å². The van der Waals surface area contributed by atoms with Gasteiger partial charge in [0.25, 0.3) is 0 Å². The molecule has 0 saturated heterocycles. The van der Waals surface area contributed by atoms with E-state index in [1.54, 1.807) is 0 Å². The van der Waals surface area contributed by atoms with Crippen LogP contribution in [0.25, 0.3) is 0 Å². The van der Waals surface area contributed by atoms with Gasteiger partial charge in [-0.15, -0.1) is 0 Å². The summed E-state index contributed by atoms with van der Waals surface area (Å²) in [7, 11) is -1.50. The van der Waals surface area contributed by atoms with Crippen LogP contribution in [0.5, 0.6) is 0 Å². The van der Waals surface area contributed by atoms with Crippen molar-refractivity contribution >= 4 is 30.9 Å². The minimum atomic E-state index is -1.50. The highest BCUT2D eigenvalue weighted by molar-refractivity contribution is 7.82. The van der Waals surface area contributed by atoms with Gasteiger partial charge in [0, 0.05) is 11.1 Å². The van der Waals surface area contributed by atoms with Gasteiger partial charge in [-0.1, -0.05) is 31.9 Å². The highest BCUT2D eigenvalue weighted by Crippen LogP contribution is 2.34. The Labute approximate surface area is 122 Å². The van der Waals surface area contributed by atoms with Crippen molar-refractivity contribution in [2.45, 2.75) is 59.5 Å². The van der Waals surface area contributed by atoms with Crippen LogP contribution < -0.4 is 0 Å². The average molecular weight is 297 g/mol. The number of carbonyl (C=O) groups is 1. The van der Waals surface area contributed by atoms with Crippen LogP contribution in [0.2, 0.25) is 19.6 Å². The van der Waals surface area contributed by atoms with E-state index in [0.717, 1.165) is 16.9 Å². The van der Waals surface area contributed by atoms with Gasteiger partial charge in [0.1, 0.15) is 5.76 Å². The number of thiocarbonyl (C=S) groups is 1. The minimum absolute atomic E-state index is 0.0387. The van der Waals surface area contributed by atoms with E-state index in [1.807, 2.05) is 20.8 Å². The molecule has 0 heterocycles. The summed E-state index contributed by atoms with van der Waals surface area (Å²) in [6, 6.07) is 0. The number of ketones is 1. The molecule has 1 aliphatic rings. The summed E-state index contributed by atoms with van der Waals surface area (Å²) >= 11 is 5.23. The number of carbonyl (C=O) groups excluding carboxylic acids is 1. The van der Waals surface area contributed by atoms with Crippen LogP contribution in [0.4, 0.5) is 0 Å². The highest BCUT2D eigenvalue weighted by atomic mass is 32.1. The predicted octanol–water partition coefficient (Wildman–Crippen LogP) is 4.22. The van der Waals surface area contributed by atoms with E-state index in [9.17, 15) is 4.79 Å². The van der Waals surface area contributed by atoms with Gasteiger partial charge in [-0.25, -0.2) is 0 Å². The molecule has 0 aromatic heterocycles. The van der Waals surface area contributed by atoms with Crippen molar-refractivity contribution in [3.8, 4) is 0 Å². The Morgan fingerprint density at radius 2 is 1.47 bits per heavy atom. The van der Waals surface area contributed by atoms with Crippen LogP contribution in [0, 0.1) is 0 Å². The third-order valence-corrected chi connectivity index (χ3v) is 8.50. The first-order valence-corrected chi connectivity index (χ1v) is 10.5. The zero-order valence-electron chi connectivity index (χ0n) is 13.2. The molecule has 0 fully saturated rings. The van der Waals surface area contributed by atoms with Gasteiger partial charge in [-0.3, -0.25) is 4.79 Å². The van der Waals surface area contributed by atoms with Crippen molar-refractivity contribution in [3.05, 3.63) is 22.5 Å². The summed E-state index contributed by atoms with van der Waals surface area (Å²) in [5.74, 6) is 0.762. The molecule has 0 spiro atoms. The monoisotopic (exact) mass is 296 g/mol. The molecule has 0 aromatic rings. The van der Waals surface area contributed by atoms with Gasteiger partial charge < -0.3 is 4.74 Å². The molecule has 0 aromatic carbocycles. The van der Waals surface area contributed by atoms with Crippen LogP contribution in [-0.4, -0.2) is 23.9 Å². The average Bonchev–Trinajstić information content (AvgIpc) is 2.28. The van der Waals surface area contributed by atoms with E-state index in [4.69, 9.17) is 17.0 Å². The Balaban J connectivity index is 3.28. The summed E-state index contributed by atoms with van der Waals surface area (Å²) < 4.78 is 6.30. The summed E-state index contributed by atoms with van der Waals surface area (Å²) in [5, 5.41) is -0.207. The first-order chi connectivity index (χ1) is 8.40. The predicted molar refractivity (Wildman–Crippen MR) is 87.2 cm³/mol. The molecule has 0 N–H and O–H groups in total. The number of rotatable bonds is 3. The van der Waals surface area contributed by atoms with Crippen molar-refractivity contribution in [1.29, 1.82) is 0 Å². The fourth-order valence-corrected chi connectivity index (χ4v) is 2.28. The fourth-order valence-electron chi connectivity index (χ4n) is 1.63. The van der Waals surface area contributed by atoms with Crippen LogP contribution in [0.3, 0.4) is 0 Å². The highest BCUT2D eigenvalue weighted by Gasteiger charge is 2.39. The summed E-state index contributed by atoms with van der Waals surface area (Å²) in [5.41, 5.74) is 2.42. The molecule has 0 saturated carbocycles. The minimum Gasteiger partial charge on any atom is -0.491 e. The van der Waals surface area contributed by atoms with E-state index in [0.29, 0.717) is 10.4 Å². The molecule has 1 aliphatic carbocycles. The molecule has 19 heavy (non-hydrogen) atoms. The van der Waals surface area contributed by atoms with Gasteiger partial charge >= 0.3 is 0 Å². The Hall–Kier alpha value is -0.743. The van der Waals surface area contributed by atoms with Crippen molar-refractivity contribution in [1.82, 2.24) is 0 Å². The van der Waals surface area contributed by atoms with Gasteiger partial charge in [-0.05, 0) is 40.2 Å². The van der Waals surface area contributed by atoms with Crippen molar-refractivity contribution in [3.63, 3.8) is 0 Å².